The Morgan fingerprint density at radius 1 is 0.919 bits per heavy atom. The summed E-state index contributed by atoms with van der Waals surface area (Å²) in [5.41, 5.74) is 4.00. The predicted molar refractivity (Wildman–Crippen MR) is 145 cm³/mol. The van der Waals surface area contributed by atoms with Crippen LogP contribution in [0.25, 0.3) is 0 Å². The topological polar surface area (TPSA) is 76.0 Å². The van der Waals surface area contributed by atoms with E-state index in [-0.39, 0.29) is 18.4 Å². The maximum absolute atomic E-state index is 11.6. The van der Waals surface area contributed by atoms with Crippen LogP contribution in [0.15, 0.2) is 72.8 Å². The number of aliphatic hydroxyl groups excluding tert-OH is 1. The van der Waals surface area contributed by atoms with E-state index in [1.54, 1.807) is 7.11 Å². The summed E-state index contributed by atoms with van der Waals surface area (Å²) < 4.78 is 11.8. The van der Waals surface area contributed by atoms with Gasteiger partial charge < -0.3 is 19.7 Å². The van der Waals surface area contributed by atoms with Crippen molar-refractivity contribution in [2.45, 2.75) is 70.0 Å². The number of carboxylic acids is 1. The van der Waals surface area contributed by atoms with E-state index >= 15 is 0 Å². The molecule has 0 spiro atoms. The first kappa shape index (κ1) is 26.7. The number of ether oxygens (including phenoxy) is 2. The van der Waals surface area contributed by atoms with Gasteiger partial charge in [0.2, 0.25) is 0 Å². The predicted octanol–water partition coefficient (Wildman–Crippen LogP) is 6.56. The van der Waals surface area contributed by atoms with Crippen LogP contribution in [-0.4, -0.2) is 29.4 Å². The van der Waals surface area contributed by atoms with Gasteiger partial charge in [-0.2, -0.15) is 0 Å². The Labute approximate surface area is 220 Å². The van der Waals surface area contributed by atoms with E-state index in [9.17, 15) is 9.90 Å². The van der Waals surface area contributed by atoms with Crippen molar-refractivity contribution in [2.75, 3.05) is 7.11 Å². The number of aliphatic hydroxyl groups is 1. The molecule has 5 heteroatoms. The van der Waals surface area contributed by atoms with Crippen molar-refractivity contribution in [3.05, 3.63) is 95.1 Å². The fraction of sp³-hybridized carbons (Fsp3) is 0.406. The summed E-state index contributed by atoms with van der Waals surface area (Å²) in [6.45, 7) is 0. The van der Waals surface area contributed by atoms with Crippen molar-refractivity contribution in [3.63, 3.8) is 0 Å². The molecule has 4 rings (SSSR count). The second kappa shape index (κ2) is 13.3. The normalized spacial score (nSPS) is 15.3. The van der Waals surface area contributed by atoms with Crippen molar-refractivity contribution in [1.82, 2.24) is 0 Å². The second-order valence-corrected chi connectivity index (χ2v) is 10.1. The largest absolute Gasteiger partial charge is 0.493 e. The molecule has 2 atom stereocenters. The Balaban J connectivity index is 1.51. The molecule has 0 radical (unpaired) electrons. The number of rotatable bonds is 13. The lowest BCUT2D eigenvalue weighted by Crippen LogP contribution is -2.17. The summed E-state index contributed by atoms with van der Waals surface area (Å²) in [5, 5.41) is 20.7. The zero-order chi connectivity index (χ0) is 26.0. The minimum absolute atomic E-state index is 0.00163. The summed E-state index contributed by atoms with van der Waals surface area (Å²) in [6, 6.07) is 23.9. The molecule has 37 heavy (non-hydrogen) atoms. The number of hydrogen-bond acceptors (Lipinski definition) is 4. The summed E-state index contributed by atoms with van der Waals surface area (Å²) >= 11 is 0. The van der Waals surface area contributed by atoms with Gasteiger partial charge in [0.25, 0.3) is 0 Å². The first-order chi connectivity index (χ1) is 18.0. The van der Waals surface area contributed by atoms with E-state index < -0.39 is 12.1 Å². The summed E-state index contributed by atoms with van der Waals surface area (Å²) in [6.07, 6.45) is 7.51. The van der Waals surface area contributed by atoms with Crippen LogP contribution in [-0.2, 0) is 24.1 Å². The SMILES string of the molecule is COc1ccc(C(O)C(CCCc2ccccc2)Cc2ccc(CC(=O)O)cc2)cc1OC1CCCC1. The number of aliphatic carboxylic acids is 1. The molecule has 2 unspecified atom stereocenters. The van der Waals surface area contributed by atoms with Gasteiger partial charge in [0.05, 0.1) is 25.7 Å². The summed E-state index contributed by atoms with van der Waals surface area (Å²) in [7, 11) is 1.65. The molecule has 2 N–H and O–H groups in total. The van der Waals surface area contributed by atoms with Gasteiger partial charge in [-0.25, -0.2) is 0 Å². The first-order valence-electron chi connectivity index (χ1n) is 13.4. The van der Waals surface area contributed by atoms with Crippen LogP contribution >= 0.6 is 0 Å². The lowest BCUT2D eigenvalue weighted by molar-refractivity contribution is -0.136. The zero-order valence-electron chi connectivity index (χ0n) is 21.6. The van der Waals surface area contributed by atoms with Crippen molar-refractivity contribution in [2.24, 2.45) is 5.92 Å². The highest BCUT2D eigenvalue weighted by Crippen LogP contribution is 2.37. The lowest BCUT2D eigenvalue weighted by Gasteiger charge is -2.25. The molecule has 3 aromatic rings. The molecule has 0 saturated heterocycles. The molecule has 0 amide bonds. The Morgan fingerprint density at radius 2 is 1.62 bits per heavy atom. The Kier molecular flexibility index (Phi) is 9.61. The van der Waals surface area contributed by atoms with Crippen LogP contribution in [0.2, 0.25) is 0 Å². The number of aryl methyl sites for hydroxylation is 1. The molecule has 0 aliphatic heterocycles. The summed E-state index contributed by atoms with van der Waals surface area (Å²) in [4.78, 5) is 11.0. The maximum atomic E-state index is 11.6. The van der Waals surface area contributed by atoms with Crippen molar-refractivity contribution >= 4 is 5.97 Å². The van der Waals surface area contributed by atoms with Crippen LogP contribution in [0, 0.1) is 5.92 Å². The van der Waals surface area contributed by atoms with Gasteiger partial charge in [-0.3, -0.25) is 4.79 Å². The van der Waals surface area contributed by atoms with Crippen LogP contribution in [0.5, 0.6) is 11.5 Å². The number of benzene rings is 3. The number of carboxylic acid groups (broad SMARTS) is 1. The Bertz CT molecular complexity index is 1120. The van der Waals surface area contributed by atoms with E-state index in [0.29, 0.717) is 17.9 Å². The van der Waals surface area contributed by atoms with Gasteiger partial charge in [-0.1, -0.05) is 60.7 Å². The average Bonchev–Trinajstić information content (AvgIpc) is 3.42. The van der Waals surface area contributed by atoms with E-state index in [2.05, 4.69) is 24.3 Å². The highest BCUT2D eigenvalue weighted by molar-refractivity contribution is 5.70. The van der Waals surface area contributed by atoms with Gasteiger partial charge >= 0.3 is 5.97 Å². The quantitative estimate of drug-likeness (QED) is 0.277. The van der Waals surface area contributed by atoms with E-state index in [0.717, 1.165) is 48.8 Å². The highest BCUT2D eigenvalue weighted by Gasteiger charge is 2.24. The number of carbonyl (C=O) groups is 1. The minimum Gasteiger partial charge on any atom is -0.493 e. The smallest absolute Gasteiger partial charge is 0.307 e. The third-order valence-corrected chi connectivity index (χ3v) is 7.33. The third-order valence-electron chi connectivity index (χ3n) is 7.33. The molecule has 1 aliphatic rings. The lowest BCUT2D eigenvalue weighted by atomic mass is 9.85. The van der Waals surface area contributed by atoms with Gasteiger partial charge in [0.15, 0.2) is 11.5 Å². The second-order valence-electron chi connectivity index (χ2n) is 10.1. The molecule has 1 fully saturated rings. The van der Waals surface area contributed by atoms with Crippen molar-refractivity contribution < 1.29 is 24.5 Å². The molecule has 1 saturated carbocycles. The van der Waals surface area contributed by atoms with Crippen LogP contribution in [0.4, 0.5) is 0 Å². The Morgan fingerprint density at radius 3 is 2.30 bits per heavy atom. The van der Waals surface area contributed by atoms with Gasteiger partial charge in [-0.05, 0) is 91.7 Å². The van der Waals surface area contributed by atoms with Crippen LogP contribution in [0.1, 0.15) is 66.9 Å². The summed E-state index contributed by atoms with van der Waals surface area (Å²) in [5.74, 6) is 0.559. The van der Waals surface area contributed by atoms with Gasteiger partial charge in [0, 0.05) is 0 Å². The molecule has 1 aliphatic carbocycles. The van der Waals surface area contributed by atoms with E-state index in [1.807, 2.05) is 48.5 Å². The fourth-order valence-corrected chi connectivity index (χ4v) is 5.28. The van der Waals surface area contributed by atoms with E-state index in [1.165, 1.54) is 18.4 Å². The standard InChI is InChI=1S/C32H38O5/c1-36-29-19-18-27(22-30(29)37-28-12-5-6-13-28)32(35)26(11-7-10-23-8-3-2-4-9-23)20-24-14-16-25(17-15-24)21-31(33)34/h2-4,8-9,14-19,22,26,28,32,35H,5-7,10-13,20-21H2,1H3,(H,33,34). The van der Waals surface area contributed by atoms with Crippen molar-refractivity contribution in [3.8, 4) is 11.5 Å². The molecule has 196 valence electrons. The molecule has 0 heterocycles. The Hall–Kier alpha value is -3.31. The molecule has 0 bridgehead atoms. The number of hydrogen-bond donors (Lipinski definition) is 2. The molecule has 3 aromatic carbocycles. The van der Waals surface area contributed by atoms with Crippen molar-refractivity contribution in [1.29, 1.82) is 0 Å². The average molecular weight is 503 g/mol. The van der Waals surface area contributed by atoms with Crippen LogP contribution < -0.4 is 9.47 Å². The monoisotopic (exact) mass is 502 g/mol. The van der Waals surface area contributed by atoms with Gasteiger partial charge in [-0.15, -0.1) is 0 Å². The van der Waals surface area contributed by atoms with Crippen LogP contribution in [0.3, 0.4) is 0 Å². The molecule has 5 nitrogen and oxygen atoms in total. The molecule has 0 aromatic heterocycles. The maximum Gasteiger partial charge on any atom is 0.307 e. The fourth-order valence-electron chi connectivity index (χ4n) is 5.28. The first-order valence-corrected chi connectivity index (χ1v) is 13.4. The number of methoxy groups -OCH3 is 1. The zero-order valence-corrected chi connectivity index (χ0v) is 21.6. The highest BCUT2D eigenvalue weighted by atomic mass is 16.5. The molecular formula is C32H38O5. The van der Waals surface area contributed by atoms with Gasteiger partial charge in [0.1, 0.15) is 0 Å². The minimum atomic E-state index is -0.836. The molecular weight excluding hydrogens is 464 g/mol. The van der Waals surface area contributed by atoms with E-state index in [4.69, 9.17) is 14.6 Å². The third kappa shape index (κ3) is 7.83.